The van der Waals surface area contributed by atoms with E-state index in [-0.39, 0.29) is 28.7 Å². The lowest BCUT2D eigenvalue weighted by molar-refractivity contribution is -0.133. The minimum absolute atomic E-state index is 0.0409. The van der Waals surface area contributed by atoms with Gasteiger partial charge in [0.05, 0.1) is 17.1 Å². The Morgan fingerprint density at radius 2 is 1.80 bits per heavy atom. The number of piperidine rings is 1. The number of carbonyl (C=O) groups excluding carboxylic acids is 1. The second-order valence-electron chi connectivity index (χ2n) is 9.16. The number of hydrogen-bond donors (Lipinski definition) is 1. The summed E-state index contributed by atoms with van der Waals surface area (Å²) in [5.41, 5.74) is 4.28. The summed E-state index contributed by atoms with van der Waals surface area (Å²) in [5, 5.41) is 0. The predicted octanol–water partition coefficient (Wildman–Crippen LogP) is 3.88. The van der Waals surface area contributed by atoms with Crippen LogP contribution in [0.1, 0.15) is 36.0 Å². The van der Waals surface area contributed by atoms with Crippen molar-refractivity contribution in [3.05, 3.63) is 65.2 Å². The Balaban J connectivity index is 1.63. The Kier molecular flexibility index (Phi) is 6.19. The number of hydrogen-bond acceptors (Lipinski definition) is 6. The van der Waals surface area contributed by atoms with Crippen LogP contribution in [0.15, 0.2) is 53.4 Å². The second kappa shape index (κ2) is 9.30. The van der Waals surface area contributed by atoms with E-state index in [1.54, 1.807) is 18.2 Å². The highest BCUT2D eigenvalue weighted by atomic mass is 32.2. The summed E-state index contributed by atoms with van der Waals surface area (Å²) in [6.07, 6.45) is 2.16. The van der Waals surface area contributed by atoms with Gasteiger partial charge in [0.2, 0.25) is 17.7 Å². The number of aromatic nitrogens is 2. The molecule has 6 bridgehead atoms. The summed E-state index contributed by atoms with van der Waals surface area (Å²) >= 11 is 0. The molecule has 0 radical (unpaired) electrons. The number of aryl methyl sites for hydroxylation is 3. The van der Waals surface area contributed by atoms with E-state index in [4.69, 9.17) is 4.74 Å². The Morgan fingerprint density at radius 1 is 1.03 bits per heavy atom. The van der Waals surface area contributed by atoms with Crippen LogP contribution in [0.2, 0.25) is 0 Å². The number of sulfonamides is 1. The highest BCUT2D eigenvalue weighted by Crippen LogP contribution is 2.30. The fourth-order valence-electron chi connectivity index (χ4n) is 4.77. The number of nitrogens with zero attached hydrogens (tertiary/aromatic N) is 3. The summed E-state index contributed by atoms with van der Waals surface area (Å²) in [4.78, 5) is 23.8. The SMILES string of the molecule is Cc1cccc(C)c1-c1cc2nc(n1)NS(=O)(=O)c1cccc(c1)CCC(=O)N1CCCC(C1)O2. The molecule has 9 heteroatoms. The highest BCUT2D eigenvalue weighted by Gasteiger charge is 2.27. The number of rotatable bonds is 1. The first-order chi connectivity index (χ1) is 16.8. The third kappa shape index (κ3) is 5.00. The maximum absolute atomic E-state index is 13.2. The number of benzene rings is 2. The summed E-state index contributed by atoms with van der Waals surface area (Å²) < 4.78 is 35.2. The zero-order valence-electron chi connectivity index (χ0n) is 19.8. The molecule has 0 saturated carbocycles. The first-order valence-corrected chi connectivity index (χ1v) is 13.3. The minimum atomic E-state index is -3.95. The molecule has 2 aliphatic heterocycles. The summed E-state index contributed by atoms with van der Waals surface area (Å²) in [5.74, 6) is 0.265. The molecular formula is C26H28N4O4S. The van der Waals surface area contributed by atoms with Crippen LogP contribution >= 0.6 is 0 Å². The second-order valence-corrected chi connectivity index (χ2v) is 10.8. The van der Waals surface area contributed by atoms with E-state index in [9.17, 15) is 13.2 Å². The topological polar surface area (TPSA) is 101 Å². The van der Waals surface area contributed by atoms with Gasteiger partial charge in [0, 0.05) is 24.6 Å². The van der Waals surface area contributed by atoms with E-state index in [0.29, 0.717) is 31.6 Å². The summed E-state index contributed by atoms with van der Waals surface area (Å²) in [6, 6.07) is 14.3. The van der Waals surface area contributed by atoms with Crippen molar-refractivity contribution in [2.24, 2.45) is 0 Å². The molecule has 8 nitrogen and oxygen atoms in total. The van der Waals surface area contributed by atoms with Crippen molar-refractivity contribution in [3.8, 4) is 17.1 Å². The largest absolute Gasteiger partial charge is 0.472 e. The molecule has 1 fully saturated rings. The first-order valence-electron chi connectivity index (χ1n) is 11.8. The molecule has 5 rings (SSSR count). The van der Waals surface area contributed by atoms with Crippen molar-refractivity contribution in [1.29, 1.82) is 0 Å². The normalized spacial score (nSPS) is 19.7. The van der Waals surface area contributed by atoms with Crippen LogP contribution in [-0.2, 0) is 21.2 Å². The standard InChI is InChI=1S/C26H28N4O4S/c1-17-6-3-7-18(2)25(17)22-15-23-28-26(27-22)29-35(32,33)21-10-4-8-19(14-21)11-12-24(31)30-13-5-9-20(16-30)34-23/h3-4,6-8,10,14-15,20H,5,9,11-13,16H2,1-2H3,(H,27,28,29). The van der Waals surface area contributed by atoms with Crippen molar-refractivity contribution in [2.75, 3.05) is 17.8 Å². The van der Waals surface area contributed by atoms with E-state index in [1.807, 2.05) is 43.0 Å². The molecule has 1 N–H and O–H groups in total. The van der Waals surface area contributed by atoms with Crippen LogP contribution in [0.25, 0.3) is 11.3 Å². The molecule has 1 amide bonds. The van der Waals surface area contributed by atoms with E-state index < -0.39 is 10.0 Å². The molecule has 1 unspecified atom stereocenters. The van der Waals surface area contributed by atoms with Gasteiger partial charge in [-0.25, -0.2) is 18.1 Å². The van der Waals surface area contributed by atoms with Crippen LogP contribution in [0.4, 0.5) is 5.95 Å². The van der Waals surface area contributed by atoms with Gasteiger partial charge in [0.15, 0.2) is 0 Å². The highest BCUT2D eigenvalue weighted by molar-refractivity contribution is 7.92. The number of amides is 1. The maximum atomic E-state index is 13.2. The molecule has 3 heterocycles. The summed E-state index contributed by atoms with van der Waals surface area (Å²) in [7, 11) is -3.95. The molecule has 1 aromatic heterocycles. The first kappa shape index (κ1) is 23.3. The number of nitrogens with one attached hydrogen (secondary N) is 1. The average Bonchev–Trinajstić information content (AvgIpc) is 2.82. The molecule has 1 atom stereocenters. The average molecular weight is 493 g/mol. The lowest BCUT2D eigenvalue weighted by Gasteiger charge is -2.32. The molecule has 2 aliphatic rings. The molecule has 0 spiro atoms. The number of ether oxygens (including phenoxy) is 1. The Labute approximate surface area is 205 Å². The molecule has 35 heavy (non-hydrogen) atoms. The molecular weight excluding hydrogens is 464 g/mol. The van der Waals surface area contributed by atoms with E-state index in [2.05, 4.69) is 14.7 Å². The van der Waals surface area contributed by atoms with Gasteiger partial charge in [-0.15, -0.1) is 0 Å². The van der Waals surface area contributed by atoms with Gasteiger partial charge < -0.3 is 9.64 Å². The predicted molar refractivity (Wildman–Crippen MR) is 133 cm³/mol. The van der Waals surface area contributed by atoms with E-state index >= 15 is 0 Å². The number of anilines is 1. The lowest BCUT2D eigenvalue weighted by Crippen LogP contribution is -2.44. The number of fused-ring (bicyclic) bond motifs is 6. The van der Waals surface area contributed by atoms with Gasteiger partial charge in [-0.05, 0) is 61.9 Å². The van der Waals surface area contributed by atoms with E-state index in [1.165, 1.54) is 6.07 Å². The van der Waals surface area contributed by atoms with Crippen molar-refractivity contribution in [3.63, 3.8) is 0 Å². The monoisotopic (exact) mass is 492 g/mol. The molecule has 2 aromatic carbocycles. The van der Waals surface area contributed by atoms with Crippen molar-refractivity contribution < 1.29 is 17.9 Å². The molecule has 1 saturated heterocycles. The smallest absolute Gasteiger partial charge is 0.264 e. The Hall–Kier alpha value is -3.46. The quantitative estimate of drug-likeness (QED) is 0.553. The Bertz CT molecular complexity index is 1370. The number of carbonyl (C=O) groups is 1. The van der Waals surface area contributed by atoms with Gasteiger partial charge in [-0.3, -0.25) is 4.79 Å². The lowest BCUT2D eigenvalue weighted by atomic mass is 10.00. The summed E-state index contributed by atoms with van der Waals surface area (Å²) in [6.45, 7) is 5.14. The van der Waals surface area contributed by atoms with Gasteiger partial charge in [0.1, 0.15) is 6.10 Å². The minimum Gasteiger partial charge on any atom is -0.472 e. The maximum Gasteiger partial charge on any atom is 0.264 e. The van der Waals surface area contributed by atoms with Crippen LogP contribution in [-0.4, -0.2) is 48.4 Å². The van der Waals surface area contributed by atoms with Crippen LogP contribution < -0.4 is 9.46 Å². The van der Waals surface area contributed by atoms with Crippen LogP contribution in [0, 0.1) is 13.8 Å². The fraction of sp³-hybridized carbons (Fsp3) is 0.346. The van der Waals surface area contributed by atoms with Gasteiger partial charge in [0.25, 0.3) is 10.0 Å². The van der Waals surface area contributed by atoms with Crippen LogP contribution in [0.5, 0.6) is 5.88 Å². The fourth-order valence-corrected chi connectivity index (χ4v) is 5.78. The third-order valence-corrected chi connectivity index (χ3v) is 7.85. The zero-order chi connectivity index (χ0) is 24.6. The van der Waals surface area contributed by atoms with E-state index in [0.717, 1.165) is 35.1 Å². The van der Waals surface area contributed by atoms with Crippen LogP contribution in [0.3, 0.4) is 0 Å². The molecule has 182 valence electrons. The van der Waals surface area contributed by atoms with Crippen molar-refractivity contribution in [2.45, 2.75) is 50.5 Å². The Morgan fingerprint density at radius 3 is 2.60 bits per heavy atom. The zero-order valence-corrected chi connectivity index (χ0v) is 20.6. The van der Waals surface area contributed by atoms with Gasteiger partial charge in [-0.2, -0.15) is 4.98 Å². The van der Waals surface area contributed by atoms with Gasteiger partial charge in [-0.1, -0.05) is 30.3 Å². The van der Waals surface area contributed by atoms with Gasteiger partial charge >= 0.3 is 0 Å². The molecule has 3 aromatic rings. The molecule has 0 aliphatic carbocycles. The van der Waals surface area contributed by atoms with Crippen molar-refractivity contribution in [1.82, 2.24) is 14.9 Å². The van der Waals surface area contributed by atoms with Crippen molar-refractivity contribution >= 4 is 21.9 Å². The third-order valence-electron chi connectivity index (χ3n) is 6.52.